The Balaban J connectivity index is 2.00. The van der Waals surface area contributed by atoms with Crippen LogP contribution in [0.25, 0.3) is 0 Å². The molecule has 2 N–H and O–H groups in total. The Kier molecular flexibility index (Phi) is 4.50. The van der Waals surface area contributed by atoms with E-state index in [-0.39, 0.29) is 29.7 Å². The van der Waals surface area contributed by atoms with Crippen molar-refractivity contribution in [3.63, 3.8) is 0 Å². The molecule has 2 amide bonds. The molecule has 0 bridgehead atoms. The Morgan fingerprint density at radius 2 is 2.05 bits per heavy atom. The lowest BCUT2D eigenvalue weighted by Crippen LogP contribution is -2.50. The van der Waals surface area contributed by atoms with E-state index in [0.29, 0.717) is 12.8 Å². The fourth-order valence-corrected chi connectivity index (χ4v) is 2.68. The van der Waals surface area contributed by atoms with E-state index in [1.807, 2.05) is 31.2 Å². The number of hydrogen-bond acceptors (Lipinski definition) is 3. The van der Waals surface area contributed by atoms with Gasteiger partial charge < -0.3 is 15.4 Å². The van der Waals surface area contributed by atoms with Crippen LogP contribution in [0.2, 0.25) is 0 Å². The molecule has 0 saturated heterocycles. The summed E-state index contributed by atoms with van der Waals surface area (Å²) in [4.78, 5) is 25.3. The largest absolute Gasteiger partial charge is 0.497 e. The first-order chi connectivity index (χ1) is 9.93. The molecule has 0 aromatic heterocycles. The highest BCUT2D eigenvalue weighted by Gasteiger charge is 2.38. The molecule has 1 aliphatic rings. The quantitative estimate of drug-likeness (QED) is 0.893. The summed E-state index contributed by atoms with van der Waals surface area (Å²) < 4.78 is 5.19. The molecule has 1 aromatic carbocycles. The van der Waals surface area contributed by atoms with Gasteiger partial charge in [0.1, 0.15) is 5.75 Å². The standard InChI is InChI=1S/C16H22N2O3/c1-10(11-5-4-6-14(9-11)21-3)16(20)18(2)13-7-12(8-13)15(17)19/h4-6,9-10,12-13H,7-8H2,1-3H3,(H2,17,19). The molecule has 1 atom stereocenters. The molecular formula is C16H22N2O3. The molecule has 0 radical (unpaired) electrons. The van der Waals surface area contributed by atoms with Crippen molar-refractivity contribution in [2.24, 2.45) is 11.7 Å². The zero-order valence-corrected chi connectivity index (χ0v) is 12.7. The Morgan fingerprint density at radius 3 is 2.62 bits per heavy atom. The third kappa shape index (κ3) is 3.17. The first kappa shape index (κ1) is 15.4. The average Bonchev–Trinajstić information content (AvgIpc) is 2.43. The van der Waals surface area contributed by atoms with E-state index in [4.69, 9.17) is 10.5 Å². The number of likely N-dealkylation sites (N-methyl/N-ethyl adjacent to an activating group) is 1. The van der Waals surface area contributed by atoms with Crippen molar-refractivity contribution < 1.29 is 14.3 Å². The lowest BCUT2D eigenvalue weighted by atomic mass is 9.78. The van der Waals surface area contributed by atoms with E-state index < -0.39 is 0 Å². The molecule has 1 saturated carbocycles. The fraction of sp³-hybridized carbons (Fsp3) is 0.500. The van der Waals surface area contributed by atoms with Gasteiger partial charge in [0, 0.05) is 19.0 Å². The summed E-state index contributed by atoms with van der Waals surface area (Å²) in [6, 6.07) is 7.65. The summed E-state index contributed by atoms with van der Waals surface area (Å²) in [6.45, 7) is 1.89. The molecule has 1 fully saturated rings. The third-order valence-electron chi connectivity index (χ3n) is 4.38. The van der Waals surface area contributed by atoms with E-state index in [1.165, 1.54) is 0 Å². The van der Waals surface area contributed by atoms with Crippen LogP contribution >= 0.6 is 0 Å². The summed E-state index contributed by atoms with van der Waals surface area (Å²) in [5.41, 5.74) is 6.19. The summed E-state index contributed by atoms with van der Waals surface area (Å²) in [5, 5.41) is 0. The maximum atomic E-state index is 12.5. The maximum Gasteiger partial charge on any atom is 0.229 e. The maximum absolute atomic E-state index is 12.5. The molecule has 0 heterocycles. The minimum Gasteiger partial charge on any atom is -0.497 e. The molecule has 0 aliphatic heterocycles. The smallest absolute Gasteiger partial charge is 0.229 e. The summed E-state index contributed by atoms with van der Waals surface area (Å²) >= 11 is 0. The number of nitrogens with two attached hydrogens (primary N) is 1. The second-order valence-electron chi connectivity index (χ2n) is 5.67. The van der Waals surface area contributed by atoms with Gasteiger partial charge in [0.15, 0.2) is 0 Å². The number of benzene rings is 1. The zero-order valence-electron chi connectivity index (χ0n) is 12.7. The van der Waals surface area contributed by atoms with Crippen LogP contribution in [0.3, 0.4) is 0 Å². The van der Waals surface area contributed by atoms with Gasteiger partial charge in [0.25, 0.3) is 0 Å². The monoisotopic (exact) mass is 290 g/mol. The van der Waals surface area contributed by atoms with Crippen LogP contribution in [0.4, 0.5) is 0 Å². The van der Waals surface area contributed by atoms with Crippen molar-refractivity contribution >= 4 is 11.8 Å². The van der Waals surface area contributed by atoms with E-state index >= 15 is 0 Å². The van der Waals surface area contributed by atoms with Crippen LogP contribution < -0.4 is 10.5 Å². The van der Waals surface area contributed by atoms with Gasteiger partial charge in [0.05, 0.1) is 13.0 Å². The normalized spacial score (nSPS) is 22.0. The van der Waals surface area contributed by atoms with E-state index in [1.54, 1.807) is 19.1 Å². The zero-order chi connectivity index (χ0) is 15.6. The molecule has 5 nitrogen and oxygen atoms in total. The number of carbonyl (C=O) groups is 2. The molecule has 1 unspecified atom stereocenters. The number of amides is 2. The Hall–Kier alpha value is -2.04. The summed E-state index contributed by atoms with van der Waals surface area (Å²) in [5.74, 6) is 0.200. The van der Waals surface area contributed by atoms with E-state index in [2.05, 4.69) is 0 Å². The molecule has 5 heteroatoms. The number of hydrogen-bond donors (Lipinski definition) is 1. The van der Waals surface area contributed by atoms with Gasteiger partial charge in [-0.1, -0.05) is 12.1 Å². The van der Waals surface area contributed by atoms with Gasteiger partial charge in [0.2, 0.25) is 11.8 Å². The summed E-state index contributed by atoms with van der Waals surface area (Å²) in [6.07, 6.45) is 1.34. The Bertz CT molecular complexity index is 538. The van der Waals surface area contributed by atoms with Crippen molar-refractivity contribution in [2.75, 3.05) is 14.2 Å². The number of methoxy groups -OCH3 is 1. The third-order valence-corrected chi connectivity index (χ3v) is 4.38. The molecular weight excluding hydrogens is 268 g/mol. The predicted octanol–water partition coefficient (Wildman–Crippen LogP) is 1.52. The van der Waals surface area contributed by atoms with Crippen LogP contribution in [0.5, 0.6) is 5.75 Å². The number of rotatable bonds is 5. The topological polar surface area (TPSA) is 72.6 Å². The van der Waals surface area contributed by atoms with E-state index in [0.717, 1.165) is 11.3 Å². The van der Waals surface area contributed by atoms with Gasteiger partial charge in [-0.15, -0.1) is 0 Å². The van der Waals surface area contributed by atoms with Crippen LogP contribution in [0.1, 0.15) is 31.2 Å². The highest BCUT2D eigenvalue weighted by atomic mass is 16.5. The molecule has 21 heavy (non-hydrogen) atoms. The van der Waals surface area contributed by atoms with Crippen molar-refractivity contribution in [3.05, 3.63) is 29.8 Å². The minimum absolute atomic E-state index is 0.0520. The van der Waals surface area contributed by atoms with Crippen molar-refractivity contribution in [2.45, 2.75) is 31.7 Å². The molecule has 2 rings (SSSR count). The van der Waals surface area contributed by atoms with Crippen molar-refractivity contribution in [1.82, 2.24) is 4.90 Å². The van der Waals surface area contributed by atoms with Gasteiger partial charge in [-0.2, -0.15) is 0 Å². The molecule has 0 spiro atoms. The second-order valence-corrected chi connectivity index (χ2v) is 5.67. The average molecular weight is 290 g/mol. The Labute approximate surface area is 125 Å². The van der Waals surface area contributed by atoms with Gasteiger partial charge >= 0.3 is 0 Å². The highest BCUT2D eigenvalue weighted by molar-refractivity contribution is 5.84. The highest BCUT2D eigenvalue weighted by Crippen LogP contribution is 2.32. The predicted molar refractivity (Wildman–Crippen MR) is 79.9 cm³/mol. The van der Waals surface area contributed by atoms with Crippen LogP contribution in [-0.2, 0) is 9.59 Å². The molecule has 114 valence electrons. The molecule has 1 aliphatic carbocycles. The van der Waals surface area contributed by atoms with Crippen molar-refractivity contribution in [3.8, 4) is 5.75 Å². The van der Waals surface area contributed by atoms with Crippen LogP contribution in [0, 0.1) is 5.92 Å². The lowest BCUT2D eigenvalue weighted by molar-refractivity contribution is -0.139. The van der Waals surface area contributed by atoms with Crippen LogP contribution in [0.15, 0.2) is 24.3 Å². The van der Waals surface area contributed by atoms with Crippen molar-refractivity contribution in [1.29, 1.82) is 0 Å². The number of ether oxygens (including phenoxy) is 1. The SMILES string of the molecule is COc1cccc(C(C)C(=O)N(C)C2CC(C(N)=O)C2)c1. The summed E-state index contributed by atoms with van der Waals surface area (Å²) in [7, 11) is 3.40. The minimum atomic E-state index is -0.270. The second kappa shape index (κ2) is 6.16. The number of primary amides is 1. The first-order valence-corrected chi connectivity index (χ1v) is 7.14. The first-order valence-electron chi connectivity index (χ1n) is 7.14. The fourth-order valence-electron chi connectivity index (χ4n) is 2.68. The van der Waals surface area contributed by atoms with Gasteiger partial charge in [-0.3, -0.25) is 9.59 Å². The van der Waals surface area contributed by atoms with E-state index in [9.17, 15) is 9.59 Å². The number of carbonyl (C=O) groups excluding carboxylic acids is 2. The van der Waals surface area contributed by atoms with Gasteiger partial charge in [-0.25, -0.2) is 0 Å². The van der Waals surface area contributed by atoms with Crippen LogP contribution in [-0.4, -0.2) is 36.9 Å². The number of nitrogens with zero attached hydrogens (tertiary/aromatic N) is 1. The molecule has 1 aromatic rings. The van der Waals surface area contributed by atoms with Gasteiger partial charge in [-0.05, 0) is 37.5 Å². The Morgan fingerprint density at radius 1 is 1.38 bits per heavy atom. The lowest BCUT2D eigenvalue weighted by Gasteiger charge is -2.40.